The van der Waals surface area contributed by atoms with Gasteiger partial charge in [0.05, 0.1) is 18.3 Å². The molecule has 0 bridgehead atoms. The van der Waals surface area contributed by atoms with Gasteiger partial charge >= 0.3 is 6.03 Å². The highest BCUT2D eigenvalue weighted by Crippen LogP contribution is 2.35. The van der Waals surface area contributed by atoms with Crippen LogP contribution in [0.2, 0.25) is 0 Å². The zero-order valence-electron chi connectivity index (χ0n) is 18.6. The molecule has 1 atom stereocenters. The van der Waals surface area contributed by atoms with Gasteiger partial charge in [-0.2, -0.15) is 0 Å². The number of carbonyl (C=O) groups excluding carboxylic acids is 3. The Bertz CT molecular complexity index is 859. The highest BCUT2D eigenvalue weighted by Gasteiger charge is 2.52. The minimum Gasteiger partial charge on any atom is -0.386 e. The molecule has 0 aromatic carbocycles. The minimum atomic E-state index is -1.03. The van der Waals surface area contributed by atoms with Crippen LogP contribution in [0, 0.1) is 0 Å². The van der Waals surface area contributed by atoms with Gasteiger partial charge < -0.3 is 20.2 Å². The Labute approximate surface area is 188 Å². The molecule has 2 saturated heterocycles. The highest BCUT2D eigenvalue weighted by atomic mass is 16.3. The van der Waals surface area contributed by atoms with Crippen LogP contribution < -0.4 is 10.2 Å². The Morgan fingerprint density at radius 3 is 2.72 bits per heavy atom. The largest absolute Gasteiger partial charge is 0.386 e. The molecule has 1 aromatic heterocycles. The molecule has 174 valence electrons. The number of nitrogens with zero attached hydrogens (tertiary/aromatic N) is 5. The number of anilines is 1. The van der Waals surface area contributed by atoms with Gasteiger partial charge in [-0.25, -0.2) is 9.78 Å². The highest BCUT2D eigenvalue weighted by molar-refractivity contribution is 6.07. The van der Waals surface area contributed by atoms with Crippen molar-refractivity contribution in [2.75, 3.05) is 38.1 Å². The van der Waals surface area contributed by atoms with Gasteiger partial charge in [0.1, 0.15) is 11.4 Å². The number of aromatic nitrogens is 2. The summed E-state index contributed by atoms with van der Waals surface area (Å²) >= 11 is 0. The van der Waals surface area contributed by atoms with Crippen LogP contribution in [-0.2, 0) is 9.59 Å². The number of aliphatic hydroxyl groups is 1. The molecular weight excluding hydrogens is 412 g/mol. The second-order valence-corrected chi connectivity index (χ2v) is 9.34. The normalized spacial score (nSPS) is 24.8. The van der Waals surface area contributed by atoms with Crippen molar-refractivity contribution in [2.45, 2.75) is 62.5 Å². The van der Waals surface area contributed by atoms with E-state index in [1.807, 2.05) is 4.90 Å². The number of hydrogen-bond donors (Lipinski definition) is 2. The van der Waals surface area contributed by atoms with Crippen LogP contribution >= 0.6 is 0 Å². The van der Waals surface area contributed by atoms with Crippen molar-refractivity contribution < 1.29 is 19.5 Å². The van der Waals surface area contributed by atoms with E-state index in [1.165, 1.54) is 4.90 Å². The van der Waals surface area contributed by atoms with Crippen molar-refractivity contribution in [1.82, 2.24) is 25.1 Å². The average molecular weight is 445 g/mol. The summed E-state index contributed by atoms with van der Waals surface area (Å²) in [4.78, 5) is 50.8. The number of rotatable bonds is 7. The second-order valence-electron chi connectivity index (χ2n) is 9.34. The van der Waals surface area contributed by atoms with Gasteiger partial charge in [-0.3, -0.25) is 19.5 Å². The third-order valence-electron chi connectivity index (χ3n) is 6.86. The maximum absolute atomic E-state index is 12.7. The Balaban J connectivity index is 1.26. The van der Waals surface area contributed by atoms with Crippen molar-refractivity contribution in [1.29, 1.82) is 0 Å². The minimum absolute atomic E-state index is 0.113. The number of likely N-dealkylation sites (N-methyl/N-ethyl adjacent to an activating group) is 1. The summed E-state index contributed by atoms with van der Waals surface area (Å²) in [6.07, 6.45) is 10.2. The van der Waals surface area contributed by atoms with E-state index in [0.29, 0.717) is 38.0 Å². The Kier molecular flexibility index (Phi) is 6.32. The van der Waals surface area contributed by atoms with E-state index in [0.717, 1.165) is 25.8 Å². The molecule has 4 rings (SSSR count). The number of piperidine rings is 1. The molecule has 1 aromatic rings. The molecule has 3 aliphatic rings. The first-order valence-electron chi connectivity index (χ1n) is 11.4. The fourth-order valence-corrected chi connectivity index (χ4v) is 5.20. The predicted octanol–water partition coefficient (Wildman–Crippen LogP) is 0.911. The van der Waals surface area contributed by atoms with Gasteiger partial charge in [-0.15, -0.1) is 0 Å². The number of amides is 4. The standard InChI is InChI=1S/C22H32N6O4/c1-26(15-21(32)7-5-12-27(16-21)17-14-23-10-11-24-17)18(29)6-4-13-28-19(30)22(25-20(28)31)8-2-3-9-22/h10-11,14,32H,2-9,12-13,15-16H2,1H3,(H,25,31). The Morgan fingerprint density at radius 2 is 2.00 bits per heavy atom. The van der Waals surface area contributed by atoms with Crippen molar-refractivity contribution >= 4 is 23.7 Å². The number of nitrogens with one attached hydrogen (secondary N) is 1. The third kappa shape index (κ3) is 4.55. The summed E-state index contributed by atoms with van der Waals surface area (Å²) in [6, 6.07) is -0.349. The molecule has 1 spiro atoms. The van der Waals surface area contributed by atoms with Crippen LogP contribution in [-0.4, -0.2) is 87.1 Å². The molecule has 3 fully saturated rings. The van der Waals surface area contributed by atoms with Crippen molar-refractivity contribution in [3.63, 3.8) is 0 Å². The molecular formula is C22H32N6O4. The zero-order valence-corrected chi connectivity index (χ0v) is 18.6. The van der Waals surface area contributed by atoms with Gasteiger partial charge in [-0.1, -0.05) is 12.8 Å². The Hall–Kier alpha value is -2.75. The fraction of sp³-hybridized carbons (Fsp3) is 0.682. The number of hydrogen-bond acceptors (Lipinski definition) is 7. The topological polar surface area (TPSA) is 119 Å². The molecule has 0 radical (unpaired) electrons. The molecule has 1 unspecified atom stereocenters. The van der Waals surface area contributed by atoms with Crippen LogP contribution in [0.1, 0.15) is 51.4 Å². The average Bonchev–Trinajstić information content (AvgIpc) is 3.34. The zero-order chi connectivity index (χ0) is 22.8. The van der Waals surface area contributed by atoms with E-state index in [1.54, 1.807) is 30.5 Å². The van der Waals surface area contributed by atoms with E-state index in [-0.39, 0.29) is 37.4 Å². The molecule has 4 amide bonds. The van der Waals surface area contributed by atoms with Gasteiger partial charge in [0.15, 0.2) is 0 Å². The number of imide groups is 1. The van der Waals surface area contributed by atoms with Crippen LogP contribution in [0.15, 0.2) is 18.6 Å². The molecule has 10 heteroatoms. The van der Waals surface area contributed by atoms with E-state index in [2.05, 4.69) is 15.3 Å². The predicted molar refractivity (Wildman–Crippen MR) is 117 cm³/mol. The van der Waals surface area contributed by atoms with Gasteiger partial charge in [0.25, 0.3) is 5.91 Å². The smallest absolute Gasteiger partial charge is 0.325 e. The summed E-state index contributed by atoms with van der Waals surface area (Å²) in [5.41, 5.74) is -1.74. The number of carbonyl (C=O) groups is 3. The van der Waals surface area contributed by atoms with Crippen LogP contribution in [0.5, 0.6) is 0 Å². The van der Waals surface area contributed by atoms with Gasteiger partial charge in [-0.05, 0) is 32.1 Å². The second kappa shape index (κ2) is 9.01. The lowest BCUT2D eigenvalue weighted by atomic mass is 9.92. The fourth-order valence-electron chi connectivity index (χ4n) is 5.20. The Morgan fingerprint density at radius 1 is 1.22 bits per heavy atom. The first kappa shape index (κ1) is 22.4. The number of β-amino-alcohol motifs (C(OH)–C–C–N with tert-alkyl or cyclic N) is 1. The van der Waals surface area contributed by atoms with Crippen molar-refractivity contribution in [3.05, 3.63) is 18.6 Å². The maximum Gasteiger partial charge on any atom is 0.325 e. The van der Waals surface area contributed by atoms with E-state index in [9.17, 15) is 19.5 Å². The van der Waals surface area contributed by atoms with Crippen LogP contribution in [0.3, 0.4) is 0 Å². The molecule has 1 aliphatic carbocycles. The summed E-state index contributed by atoms with van der Waals surface area (Å²) in [5.74, 6) is 0.451. The van der Waals surface area contributed by atoms with E-state index in [4.69, 9.17) is 0 Å². The van der Waals surface area contributed by atoms with Crippen molar-refractivity contribution in [3.8, 4) is 0 Å². The van der Waals surface area contributed by atoms with Gasteiger partial charge in [0, 0.05) is 45.5 Å². The summed E-state index contributed by atoms with van der Waals surface area (Å²) in [7, 11) is 1.68. The van der Waals surface area contributed by atoms with E-state index >= 15 is 0 Å². The SMILES string of the molecule is CN(CC1(O)CCCN(c2cnccn2)C1)C(=O)CCCN1C(=O)NC2(CCCC2)C1=O. The van der Waals surface area contributed by atoms with E-state index < -0.39 is 11.1 Å². The lowest BCUT2D eigenvalue weighted by molar-refractivity contribution is -0.135. The lowest BCUT2D eigenvalue weighted by Gasteiger charge is -2.41. The molecule has 10 nitrogen and oxygen atoms in total. The van der Waals surface area contributed by atoms with Gasteiger partial charge in [0.2, 0.25) is 5.91 Å². The number of urea groups is 1. The first-order valence-corrected chi connectivity index (χ1v) is 11.4. The molecule has 32 heavy (non-hydrogen) atoms. The molecule has 2 aliphatic heterocycles. The summed E-state index contributed by atoms with van der Waals surface area (Å²) in [6.45, 7) is 1.62. The van der Waals surface area contributed by atoms with Crippen molar-refractivity contribution in [2.24, 2.45) is 0 Å². The van der Waals surface area contributed by atoms with Crippen LogP contribution in [0.25, 0.3) is 0 Å². The van der Waals surface area contributed by atoms with Crippen LogP contribution in [0.4, 0.5) is 10.6 Å². The molecule has 1 saturated carbocycles. The maximum atomic E-state index is 12.7. The summed E-state index contributed by atoms with van der Waals surface area (Å²) < 4.78 is 0. The first-order chi connectivity index (χ1) is 15.3. The lowest BCUT2D eigenvalue weighted by Crippen LogP contribution is -2.55. The summed E-state index contributed by atoms with van der Waals surface area (Å²) in [5, 5.41) is 14.0. The quantitative estimate of drug-likeness (QED) is 0.600. The monoisotopic (exact) mass is 444 g/mol. The third-order valence-corrected chi connectivity index (χ3v) is 6.86. The molecule has 2 N–H and O–H groups in total. The molecule has 3 heterocycles.